The standard InChI is InChI=1S/C16H20N8S/c1-11-12(2)19-16(25-3)20-13(11)22-6-8-23(9-7-22)14-15-21-18-10-24(15)5-4-17-14/h4-5,10H,6-9H2,1-3H3. The van der Waals surface area contributed by atoms with Crippen LogP contribution in [0.2, 0.25) is 0 Å². The van der Waals surface area contributed by atoms with Crippen molar-refractivity contribution in [1.29, 1.82) is 0 Å². The second-order valence-corrected chi connectivity index (χ2v) is 6.80. The van der Waals surface area contributed by atoms with E-state index in [4.69, 9.17) is 4.98 Å². The first kappa shape index (κ1) is 16.1. The second kappa shape index (κ2) is 6.47. The molecular formula is C16H20N8S. The van der Waals surface area contributed by atoms with Crippen molar-refractivity contribution in [2.75, 3.05) is 42.2 Å². The van der Waals surface area contributed by atoms with Crippen LogP contribution in [0.15, 0.2) is 23.9 Å². The first-order chi connectivity index (χ1) is 12.2. The molecule has 4 heterocycles. The van der Waals surface area contributed by atoms with Gasteiger partial charge in [0, 0.05) is 49.8 Å². The lowest BCUT2D eigenvalue weighted by Gasteiger charge is -2.36. The van der Waals surface area contributed by atoms with Gasteiger partial charge in [0.05, 0.1) is 0 Å². The molecule has 130 valence electrons. The summed E-state index contributed by atoms with van der Waals surface area (Å²) in [5.41, 5.74) is 3.00. The highest BCUT2D eigenvalue weighted by atomic mass is 32.2. The zero-order valence-corrected chi connectivity index (χ0v) is 15.4. The van der Waals surface area contributed by atoms with Gasteiger partial charge in [-0.25, -0.2) is 15.0 Å². The zero-order chi connectivity index (χ0) is 17.4. The smallest absolute Gasteiger partial charge is 0.203 e. The number of anilines is 2. The summed E-state index contributed by atoms with van der Waals surface area (Å²) in [6.45, 7) is 7.67. The van der Waals surface area contributed by atoms with Gasteiger partial charge in [0.25, 0.3) is 0 Å². The van der Waals surface area contributed by atoms with Crippen LogP contribution in [0, 0.1) is 13.8 Å². The average Bonchev–Trinajstić information content (AvgIpc) is 3.13. The van der Waals surface area contributed by atoms with Crippen molar-refractivity contribution < 1.29 is 0 Å². The molecule has 1 aliphatic heterocycles. The number of hydrogen-bond donors (Lipinski definition) is 0. The lowest BCUT2D eigenvalue weighted by Crippen LogP contribution is -2.47. The van der Waals surface area contributed by atoms with Crippen molar-refractivity contribution in [2.24, 2.45) is 0 Å². The third-order valence-electron chi connectivity index (χ3n) is 4.60. The first-order valence-corrected chi connectivity index (χ1v) is 9.43. The van der Waals surface area contributed by atoms with Gasteiger partial charge >= 0.3 is 0 Å². The number of nitrogens with zero attached hydrogens (tertiary/aromatic N) is 8. The molecule has 0 aromatic carbocycles. The highest BCUT2D eigenvalue weighted by Crippen LogP contribution is 2.25. The van der Waals surface area contributed by atoms with Gasteiger partial charge in [-0.3, -0.25) is 4.40 Å². The molecule has 1 aliphatic rings. The Balaban J connectivity index is 1.56. The van der Waals surface area contributed by atoms with Crippen LogP contribution in [0.4, 0.5) is 11.6 Å². The van der Waals surface area contributed by atoms with Gasteiger partial charge in [-0.15, -0.1) is 10.2 Å². The van der Waals surface area contributed by atoms with E-state index in [1.54, 1.807) is 24.3 Å². The number of aromatic nitrogens is 6. The summed E-state index contributed by atoms with van der Waals surface area (Å²) < 4.78 is 1.90. The van der Waals surface area contributed by atoms with Crippen LogP contribution >= 0.6 is 11.8 Å². The Morgan fingerprint density at radius 3 is 2.44 bits per heavy atom. The van der Waals surface area contributed by atoms with Gasteiger partial charge in [-0.1, -0.05) is 11.8 Å². The van der Waals surface area contributed by atoms with Crippen LogP contribution < -0.4 is 9.80 Å². The van der Waals surface area contributed by atoms with E-state index >= 15 is 0 Å². The monoisotopic (exact) mass is 356 g/mol. The maximum absolute atomic E-state index is 4.73. The van der Waals surface area contributed by atoms with Crippen molar-refractivity contribution in [2.45, 2.75) is 19.0 Å². The van der Waals surface area contributed by atoms with E-state index in [-0.39, 0.29) is 0 Å². The summed E-state index contributed by atoms with van der Waals surface area (Å²) in [6.07, 6.45) is 7.37. The molecule has 3 aromatic heterocycles. The third-order valence-corrected chi connectivity index (χ3v) is 5.15. The van der Waals surface area contributed by atoms with Crippen LogP contribution in [-0.4, -0.2) is 62.0 Å². The van der Waals surface area contributed by atoms with Gasteiger partial charge in [0.1, 0.15) is 12.1 Å². The summed E-state index contributed by atoms with van der Waals surface area (Å²) in [7, 11) is 0. The normalized spacial score (nSPS) is 15.2. The lowest BCUT2D eigenvalue weighted by molar-refractivity contribution is 0.635. The van der Waals surface area contributed by atoms with E-state index in [2.05, 4.69) is 36.9 Å². The van der Waals surface area contributed by atoms with E-state index in [0.29, 0.717) is 0 Å². The number of aryl methyl sites for hydroxylation is 1. The van der Waals surface area contributed by atoms with Crippen molar-refractivity contribution in [3.8, 4) is 0 Å². The van der Waals surface area contributed by atoms with Gasteiger partial charge in [0.2, 0.25) is 5.65 Å². The molecule has 0 saturated carbocycles. The van der Waals surface area contributed by atoms with Crippen LogP contribution in [0.1, 0.15) is 11.3 Å². The summed E-state index contributed by atoms with van der Waals surface area (Å²) in [5.74, 6) is 1.94. The van der Waals surface area contributed by atoms with E-state index < -0.39 is 0 Å². The Morgan fingerprint density at radius 2 is 1.72 bits per heavy atom. The lowest BCUT2D eigenvalue weighted by atomic mass is 10.2. The summed E-state index contributed by atoms with van der Waals surface area (Å²) in [4.78, 5) is 18.4. The molecule has 0 bridgehead atoms. The van der Waals surface area contributed by atoms with Crippen LogP contribution in [0.5, 0.6) is 0 Å². The Hall–Kier alpha value is -2.42. The number of rotatable bonds is 3. The van der Waals surface area contributed by atoms with Crippen molar-refractivity contribution in [3.05, 3.63) is 30.0 Å². The van der Waals surface area contributed by atoms with Gasteiger partial charge < -0.3 is 9.80 Å². The highest BCUT2D eigenvalue weighted by Gasteiger charge is 2.23. The fourth-order valence-electron chi connectivity index (χ4n) is 3.09. The van der Waals surface area contributed by atoms with Crippen molar-refractivity contribution >= 4 is 29.0 Å². The first-order valence-electron chi connectivity index (χ1n) is 8.21. The minimum Gasteiger partial charge on any atom is -0.353 e. The summed E-state index contributed by atoms with van der Waals surface area (Å²) in [6, 6.07) is 0. The average molecular weight is 356 g/mol. The molecule has 0 amide bonds. The Bertz CT molecular complexity index is 900. The largest absolute Gasteiger partial charge is 0.353 e. The molecule has 1 saturated heterocycles. The topological polar surface area (TPSA) is 75.3 Å². The molecule has 0 unspecified atom stereocenters. The Labute approximate surface area is 150 Å². The minimum absolute atomic E-state index is 0.801. The predicted molar refractivity (Wildman–Crippen MR) is 98.5 cm³/mol. The minimum atomic E-state index is 0.801. The summed E-state index contributed by atoms with van der Waals surface area (Å²) >= 11 is 1.58. The van der Waals surface area contributed by atoms with Gasteiger partial charge in [-0.2, -0.15) is 0 Å². The molecule has 0 N–H and O–H groups in total. The molecule has 0 radical (unpaired) electrons. The maximum atomic E-state index is 4.73. The number of piperazine rings is 1. The number of thioether (sulfide) groups is 1. The van der Waals surface area contributed by atoms with Crippen LogP contribution in [0.3, 0.4) is 0 Å². The van der Waals surface area contributed by atoms with E-state index in [9.17, 15) is 0 Å². The second-order valence-electron chi connectivity index (χ2n) is 6.03. The van der Waals surface area contributed by atoms with E-state index in [0.717, 1.165) is 59.9 Å². The van der Waals surface area contributed by atoms with E-state index in [1.165, 1.54) is 0 Å². The van der Waals surface area contributed by atoms with Gasteiger partial charge in [-0.05, 0) is 20.1 Å². The molecular weight excluding hydrogens is 336 g/mol. The Kier molecular flexibility index (Phi) is 4.16. The SMILES string of the molecule is CSc1nc(C)c(C)c(N2CCN(c3nccn4cnnc34)CC2)n1. The molecule has 9 heteroatoms. The number of hydrogen-bond acceptors (Lipinski definition) is 8. The van der Waals surface area contributed by atoms with Crippen LogP contribution in [0.25, 0.3) is 5.65 Å². The molecule has 0 spiro atoms. The molecule has 1 fully saturated rings. The predicted octanol–water partition coefficient (Wildman–Crippen LogP) is 1.58. The van der Waals surface area contributed by atoms with Crippen LogP contribution in [-0.2, 0) is 0 Å². The molecule has 3 aromatic rings. The quantitative estimate of drug-likeness (QED) is 0.517. The van der Waals surface area contributed by atoms with Crippen molar-refractivity contribution in [1.82, 2.24) is 29.5 Å². The summed E-state index contributed by atoms with van der Waals surface area (Å²) in [5, 5.41) is 9.00. The molecule has 4 rings (SSSR count). The molecule has 8 nitrogen and oxygen atoms in total. The highest BCUT2D eigenvalue weighted by molar-refractivity contribution is 7.98. The third kappa shape index (κ3) is 2.88. The van der Waals surface area contributed by atoms with Gasteiger partial charge in [0.15, 0.2) is 11.0 Å². The zero-order valence-electron chi connectivity index (χ0n) is 14.5. The fraction of sp³-hybridized carbons (Fsp3) is 0.438. The number of fused-ring (bicyclic) bond motifs is 1. The molecule has 0 aliphatic carbocycles. The fourth-order valence-corrected chi connectivity index (χ4v) is 3.49. The van der Waals surface area contributed by atoms with Crippen molar-refractivity contribution in [3.63, 3.8) is 0 Å². The maximum Gasteiger partial charge on any atom is 0.203 e. The Morgan fingerprint density at radius 1 is 1.00 bits per heavy atom. The van der Waals surface area contributed by atoms with E-state index in [1.807, 2.05) is 23.8 Å². The molecule has 0 atom stereocenters. The molecule has 25 heavy (non-hydrogen) atoms.